The summed E-state index contributed by atoms with van der Waals surface area (Å²) in [5, 5.41) is 0.518. The first-order valence-corrected chi connectivity index (χ1v) is 10.7. The summed E-state index contributed by atoms with van der Waals surface area (Å²) in [6.45, 7) is 7.32. The van der Waals surface area contributed by atoms with Crippen molar-refractivity contribution in [3.05, 3.63) is 75.1 Å². The molecule has 0 saturated heterocycles. The van der Waals surface area contributed by atoms with E-state index in [2.05, 4.69) is 6.92 Å². The average molecular weight is 405 g/mol. The number of aryl methyl sites for hydroxylation is 1. The van der Waals surface area contributed by atoms with Crippen molar-refractivity contribution >= 4 is 16.9 Å². The van der Waals surface area contributed by atoms with Gasteiger partial charge in [0.15, 0.2) is 5.43 Å². The number of benzene rings is 2. The lowest BCUT2D eigenvalue weighted by Crippen LogP contribution is -2.30. The number of rotatable bonds is 7. The Morgan fingerprint density at radius 3 is 2.50 bits per heavy atom. The molecule has 0 bridgehead atoms. The van der Waals surface area contributed by atoms with Crippen LogP contribution in [0.4, 0.5) is 0 Å². The van der Waals surface area contributed by atoms with E-state index in [1.165, 1.54) is 0 Å². The van der Waals surface area contributed by atoms with Gasteiger partial charge in [0.1, 0.15) is 11.3 Å². The third kappa shape index (κ3) is 3.49. The van der Waals surface area contributed by atoms with Gasteiger partial charge in [0.05, 0.1) is 23.6 Å². The standard InChI is InChI=1S/C25H27NO4/c1-4-6-14-29-18-10-8-17(9-11-18)22-21-23(27)19-15-16(3)7-12-20(19)30-24(21)25(28)26(22)13-5-2/h7-12,15,22H,4-6,13-14H2,1-3H3/t22-/m1/s1. The molecule has 1 aromatic heterocycles. The van der Waals surface area contributed by atoms with E-state index >= 15 is 0 Å². The number of fused-ring (bicyclic) bond motifs is 2. The first kappa shape index (κ1) is 20.2. The second-order valence-corrected chi connectivity index (χ2v) is 7.85. The molecule has 4 rings (SSSR count). The van der Waals surface area contributed by atoms with Crippen LogP contribution >= 0.6 is 0 Å². The number of unbranched alkanes of at least 4 members (excludes halogenated alkanes) is 1. The Bertz CT molecular complexity index is 1130. The fourth-order valence-corrected chi connectivity index (χ4v) is 4.03. The van der Waals surface area contributed by atoms with Gasteiger partial charge < -0.3 is 14.1 Å². The minimum atomic E-state index is -0.446. The monoisotopic (exact) mass is 405 g/mol. The molecule has 156 valence electrons. The van der Waals surface area contributed by atoms with Gasteiger partial charge in [-0.2, -0.15) is 0 Å². The number of hydrogen-bond acceptors (Lipinski definition) is 4. The fraction of sp³-hybridized carbons (Fsp3) is 0.360. The first-order valence-electron chi connectivity index (χ1n) is 10.7. The molecule has 1 aliphatic heterocycles. The summed E-state index contributed by atoms with van der Waals surface area (Å²) in [6, 6.07) is 12.7. The van der Waals surface area contributed by atoms with Crippen LogP contribution in [0.2, 0.25) is 0 Å². The molecule has 2 aromatic carbocycles. The topological polar surface area (TPSA) is 59.8 Å². The van der Waals surface area contributed by atoms with Crippen molar-refractivity contribution in [1.29, 1.82) is 0 Å². The van der Waals surface area contributed by atoms with Crippen LogP contribution in [0, 0.1) is 6.92 Å². The van der Waals surface area contributed by atoms with E-state index in [9.17, 15) is 9.59 Å². The molecule has 3 aromatic rings. The van der Waals surface area contributed by atoms with Crippen LogP contribution in [0.15, 0.2) is 51.7 Å². The SMILES string of the molecule is CCCCOc1ccc([C@@H]2c3c(oc4ccc(C)cc4c3=O)C(=O)N2CCC)cc1. The second-order valence-electron chi connectivity index (χ2n) is 7.85. The Morgan fingerprint density at radius 2 is 1.80 bits per heavy atom. The predicted molar refractivity (Wildman–Crippen MR) is 117 cm³/mol. The van der Waals surface area contributed by atoms with Crippen LogP contribution in [-0.4, -0.2) is 24.0 Å². The van der Waals surface area contributed by atoms with Gasteiger partial charge in [-0.05, 0) is 49.6 Å². The zero-order chi connectivity index (χ0) is 21.3. The van der Waals surface area contributed by atoms with E-state index < -0.39 is 6.04 Å². The van der Waals surface area contributed by atoms with Gasteiger partial charge in [0.25, 0.3) is 5.91 Å². The highest BCUT2D eigenvalue weighted by atomic mass is 16.5. The number of carbonyl (C=O) groups excluding carboxylic acids is 1. The van der Waals surface area contributed by atoms with Crippen molar-refractivity contribution in [2.75, 3.05) is 13.2 Å². The summed E-state index contributed by atoms with van der Waals surface area (Å²) in [4.78, 5) is 28.3. The largest absolute Gasteiger partial charge is 0.494 e. The molecule has 0 aliphatic carbocycles. The Kier molecular flexibility index (Phi) is 5.62. The summed E-state index contributed by atoms with van der Waals surface area (Å²) < 4.78 is 11.7. The van der Waals surface area contributed by atoms with E-state index in [1.807, 2.05) is 50.2 Å². The average Bonchev–Trinajstić information content (AvgIpc) is 3.02. The molecule has 0 radical (unpaired) electrons. The Balaban J connectivity index is 1.81. The number of carbonyl (C=O) groups is 1. The van der Waals surface area contributed by atoms with Crippen LogP contribution in [0.1, 0.15) is 66.4 Å². The van der Waals surface area contributed by atoms with E-state index in [0.29, 0.717) is 29.7 Å². The van der Waals surface area contributed by atoms with Gasteiger partial charge in [-0.3, -0.25) is 9.59 Å². The van der Waals surface area contributed by atoms with Crippen LogP contribution in [0.5, 0.6) is 5.75 Å². The van der Waals surface area contributed by atoms with Crippen LogP contribution in [0.3, 0.4) is 0 Å². The predicted octanol–water partition coefficient (Wildman–Crippen LogP) is 5.24. The van der Waals surface area contributed by atoms with Crippen molar-refractivity contribution < 1.29 is 13.9 Å². The highest BCUT2D eigenvalue weighted by molar-refractivity contribution is 5.99. The first-order chi connectivity index (χ1) is 14.5. The van der Waals surface area contributed by atoms with Crippen LogP contribution in [-0.2, 0) is 0 Å². The number of amides is 1. The maximum Gasteiger partial charge on any atom is 0.290 e. The molecular formula is C25H27NO4. The van der Waals surface area contributed by atoms with E-state index in [1.54, 1.807) is 11.0 Å². The van der Waals surface area contributed by atoms with Gasteiger partial charge in [0, 0.05) is 6.54 Å². The Morgan fingerprint density at radius 1 is 1.03 bits per heavy atom. The quantitative estimate of drug-likeness (QED) is 0.505. The van der Waals surface area contributed by atoms with E-state index in [0.717, 1.165) is 36.1 Å². The Hall–Kier alpha value is -3.08. The van der Waals surface area contributed by atoms with Crippen LogP contribution < -0.4 is 10.2 Å². The van der Waals surface area contributed by atoms with Crippen molar-refractivity contribution in [1.82, 2.24) is 4.90 Å². The van der Waals surface area contributed by atoms with Crippen molar-refractivity contribution in [3.8, 4) is 5.75 Å². The molecule has 5 nitrogen and oxygen atoms in total. The summed E-state index contributed by atoms with van der Waals surface area (Å²) in [7, 11) is 0. The summed E-state index contributed by atoms with van der Waals surface area (Å²) in [5.74, 6) is 0.734. The highest BCUT2D eigenvalue weighted by Crippen LogP contribution is 2.38. The zero-order valence-electron chi connectivity index (χ0n) is 17.7. The summed E-state index contributed by atoms with van der Waals surface area (Å²) >= 11 is 0. The molecule has 0 unspecified atom stereocenters. The maximum atomic E-state index is 13.4. The minimum Gasteiger partial charge on any atom is -0.494 e. The zero-order valence-corrected chi connectivity index (χ0v) is 17.7. The van der Waals surface area contributed by atoms with Gasteiger partial charge in [-0.15, -0.1) is 0 Å². The molecule has 1 atom stereocenters. The molecule has 0 fully saturated rings. The molecule has 1 aliphatic rings. The maximum absolute atomic E-state index is 13.4. The summed E-state index contributed by atoms with van der Waals surface area (Å²) in [5.41, 5.74) is 2.63. The minimum absolute atomic E-state index is 0.129. The number of hydrogen-bond donors (Lipinski definition) is 0. The van der Waals surface area contributed by atoms with E-state index in [-0.39, 0.29) is 17.1 Å². The smallest absolute Gasteiger partial charge is 0.290 e. The molecule has 30 heavy (non-hydrogen) atoms. The van der Waals surface area contributed by atoms with Crippen LogP contribution in [0.25, 0.3) is 11.0 Å². The van der Waals surface area contributed by atoms with Gasteiger partial charge in [0.2, 0.25) is 5.76 Å². The van der Waals surface area contributed by atoms with Crippen molar-refractivity contribution in [2.24, 2.45) is 0 Å². The van der Waals surface area contributed by atoms with E-state index in [4.69, 9.17) is 9.15 Å². The molecule has 5 heteroatoms. The third-order valence-electron chi connectivity index (χ3n) is 5.55. The third-order valence-corrected chi connectivity index (χ3v) is 5.55. The lowest BCUT2D eigenvalue weighted by atomic mass is 9.98. The number of nitrogens with zero attached hydrogens (tertiary/aromatic N) is 1. The fourth-order valence-electron chi connectivity index (χ4n) is 4.03. The van der Waals surface area contributed by atoms with Gasteiger partial charge in [-0.1, -0.05) is 44.0 Å². The highest BCUT2D eigenvalue weighted by Gasteiger charge is 2.42. The van der Waals surface area contributed by atoms with Crippen molar-refractivity contribution in [2.45, 2.75) is 46.1 Å². The lowest BCUT2D eigenvalue weighted by molar-refractivity contribution is 0.0728. The summed E-state index contributed by atoms with van der Waals surface area (Å²) in [6.07, 6.45) is 2.87. The molecule has 2 heterocycles. The van der Waals surface area contributed by atoms with Gasteiger partial charge >= 0.3 is 0 Å². The molecule has 0 spiro atoms. The van der Waals surface area contributed by atoms with Crippen molar-refractivity contribution in [3.63, 3.8) is 0 Å². The molecule has 0 N–H and O–H groups in total. The Labute approximate surface area is 176 Å². The van der Waals surface area contributed by atoms with Gasteiger partial charge in [-0.25, -0.2) is 0 Å². The normalized spacial score (nSPS) is 15.6. The number of ether oxygens (including phenoxy) is 1. The lowest BCUT2D eigenvalue weighted by Gasteiger charge is -2.24. The molecule has 1 amide bonds. The second kappa shape index (κ2) is 8.34. The molecular weight excluding hydrogens is 378 g/mol. The molecule has 0 saturated carbocycles.